The van der Waals surface area contributed by atoms with Crippen LogP contribution in [0.3, 0.4) is 0 Å². The number of aryl methyl sites for hydroxylation is 1. The standard InChI is InChI=1S/C19H24ClNO5/c1-5-10(2)15(9-22)21-18(23)7-13-11(3)12-6-14(20)17(25-4)8-16(12)26-19(13)24/h6,8,10,15,22H,5,7,9H2,1-4H3,(H,21,23)/t10-,15+/m0/s1. The van der Waals surface area contributed by atoms with Crippen LogP contribution in [-0.2, 0) is 11.2 Å². The SMILES string of the molecule is CC[C@H](C)[C@@H](CO)NC(=O)Cc1c(C)c2cc(Cl)c(OC)cc2oc1=O. The summed E-state index contributed by atoms with van der Waals surface area (Å²) in [5.74, 6) is 0.203. The highest BCUT2D eigenvalue weighted by atomic mass is 35.5. The molecular weight excluding hydrogens is 358 g/mol. The number of halogens is 1. The number of rotatable bonds is 7. The summed E-state index contributed by atoms with van der Waals surface area (Å²) in [5, 5.41) is 13.3. The number of hydrogen-bond donors (Lipinski definition) is 2. The Balaban J connectivity index is 2.35. The number of aliphatic hydroxyl groups is 1. The van der Waals surface area contributed by atoms with Gasteiger partial charge in [0.2, 0.25) is 5.91 Å². The molecular formula is C19H24ClNO5. The molecule has 0 spiro atoms. The van der Waals surface area contributed by atoms with Crippen molar-refractivity contribution in [2.45, 2.75) is 39.7 Å². The highest BCUT2D eigenvalue weighted by molar-refractivity contribution is 6.32. The minimum absolute atomic E-state index is 0.124. The molecule has 0 unspecified atom stereocenters. The van der Waals surface area contributed by atoms with Crippen LogP contribution in [0.2, 0.25) is 5.02 Å². The number of carbonyl (C=O) groups is 1. The quantitative estimate of drug-likeness (QED) is 0.720. The Morgan fingerprint density at radius 3 is 2.69 bits per heavy atom. The summed E-state index contributed by atoms with van der Waals surface area (Å²) in [6, 6.07) is 2.87. The van der Waals surface area contributed by atoms with E-state index < -0.39 is 5.63 Å². The molecule has 0 radical (unpaired) electrons. The summed E-state index contributed by atoms with van der Waals surface area (Å²) in [5.41, 5.74) is 0.696. The molecule has 0 aliphatic carbocycles. The van der Waals surface area contributed by atoms with Gasteiger partial charge in [-0.15, -0.1) is 0 Å². The van der Waals surface area contributed by atoms with E-state index in [1.54, 1.807) is 19.1 Å². The number of amides is 1. The van der Waals surface area contributed by atoms with Gasteiger partial charge in [-0.25, -0.2) is 4.79 Å². The molecule has 2 aromatic rings. The molecule has 0 saturated heterocycles. The van der Waals surface area contributed by atoms with Gasteiger partial charge in [-0.05, 0) is 24.5 Å². The van der Waals surface area contributed by atoms with Crippen LogP contribution in [0.25, 0.3) is 11.0 Å². The first-order chi connectivity index (χ1) is 12.3. The molecule has 0 fully saturated rings. The van der Waals surface area contributed by atoms with E-state index in [2.05, 4.69) is 5.32 Å². The number of benzene rings is 1. The van der Waals surface area contributed by atoms with Gasteiger partial charge in [0.15, 0.2) is 0 Å². The van der Waals surface area contributed by atoms with Gasteiger partial charge in [0, 0.05) is 11.5 Å². The van der Waals surface area contributed by atoms with E-state index in [-0.39, 0.29) is 36.5 Å². The zero-order valence-corrected chi connectivity index (χ0v) is 16.1. The van der Waals surface area contributed by atoms with Crippen molar-refractivity contribution in [3.63, 3.8) is 0 Å². The van der Waals surface area contributed by atoms with Gasteiger partial charge in [0.1, 0.15) is 11.3 Å². The molecule has 0 bridgehead atoms. The molecule has 2 N–H and O–H groups in total. The predicted octanol–water partition coefficient (Wildman–Crippen LogP) is 2.83. The van der Waals surface area contributed by atoms with Crippen molar-refractivity contribution in [2.75, 3.05) is 13.7 Å². The molecule has 0 aliphatic rings. The van der Waals surface area contributed by atoms with Crippen LogP contribution in [0.5, 0.6) is 5.75 Å². The second-order valence-corrected chi connectivity index (χ2v) is 6.80. The summed E-state index contributed by atoms with van der Waals surface area (Å²) < 4.78 is 10.5. The van der Waals surface area contributed by atoms with Crippen molar-refractivity contribution in [1.82, 2.24) is 5.32 Å². The van der Waals surface area contributed by atoms with Crippen LogP contribution < -0.4 is 15.7 Å². The number of aliphatic hydroxyl groups excluding tert-OH is 1. The summed E-state index contributed by atoms with van der Waals surface area (Å²) in [6.07, 6.45) is 0.698. The Morgan fingerprint density at radius 1 is 1.42 bits per heavy atom. The Labute approximate surface area is 157 Å². The minimum Gasteiger partial charge on any atom is -0.495 e. The number of methoxy groups -OCH3 is 1. The van der Waals surface area contributed by atoms with Crippen molar-refractivity contribution in [1.29, 1.82) is 0 Å². The van der Waals surface area contributed by atoms with Crippen molar-refractivity contribution < 1.29 is 19.1 Å². The zero-order valence-electron chi connectivity index (χ0n) is 15.4. The minimum atomic E-state index is -0.571. The van der Waals surface area contributed by atoms with E-state index in [0.29, 0.717) is 27.3 Å². The molecule has 2 atom stereocenters. The fourth-order valence-corrected chi connectivity index (χ4v) is 3.06. The van der Waals surface area contributed by atoms with Crippen molar-refractivity contribution in [3.8, 4) is 5.75 Å². The molecule has 2 rings (SSSR count). The Morgan fingerprint density at radius 2 is 2.12 bits per heavy atom. The molecule has 1 amide bonds. The average molecular weight is 382 g/mol. The Kier molecular flexibility index (Phi) is 6.67. The molecule has 6 nitrogen and oxygen atoms in total. The van der Waals surface area contributed by atoms with Crippen molar-refractivity contribution in [3.05, 3.63) is 38.7 Å². The molecule has 0 aliphatic heterocycles. The van der Waals surface area contributed by atoms with Crippen LogP contribution in [-0.4, -0.2) is 30.8 Å². The lowest BCUT2D eigenvalue weighted by Gasteiger charge is -2.22. The lowest BCUT2D eigenvalue weighted by atomic mass is 9.99. The molecule has 1 heterocycles. The average Bonchev–Trinajstić information content (AvgIpc) is 2.62. The van der Waals surface area contributed by atoms with Gasteiger partial charge in [0.25, 0.3) is 0 Å². The lowest BCUT2D eigenvalue weighted by molar-refractivity contribution is -0.121. The van der Waals surface area contributed by atoms with Crippen LogP contribution in [0.15, 0.2) is 21.3 Å². The maximum atomic E-state index is 12.4. The predicted molar refractivity (Wildman–Crippen MR) is 101 cm³/mol. The van der Waals surface area contributed by atoms with E-state index >= 15 is 0 Å². The molecule has 1 aromatic carbocycles. The molecule has 1 aromatic heterocycles. The smallest absolute Gasteiger partial charge is 0.340 e. The monoisotopic (exact) mass is 381 g/mol. The largest absolute Gasteiger partial charge is 0.495 e. The van der Waals surface area contributed by atoms with Crippen LogP contribution in [0.1, 0.15) is 31.4 Å². The van der Waals surface area contributed by atoms with Crippen LogP contribution in [0, 0.1) is 12.8 Å². The fraction of sp³-hybridized carbons (Fsp3) is 0.474. The molecule has 142 valence electrons. The fourth-order valence-electron chi connectivity index (χ4n) is 2.82. The third kappa shape index (κ3) is 4.19. The van der Waals surface area contributed by atoms with Crippen molar-refractivity contribution >= 4 is 28.5 Å². The van der Waals surface area contributed by atoms with Gasteiger partial charge >= 0.3 is 5.63 Å². The first-order valence-electron chi connectivity index (χ1n) is 8.52. The van der Waals surface area contributed by atoms with E-state index in [4.69, 9.17) is 20.8 Å². The van der Waals surface area contributed by atoms with Crippen LogP contribution >= 0.6 is 11.6 Å². The first kappa shape index (κ1) is 20.3. The van der Waals surface area contributed by atoms with E-state index in [1.807, 2.05) is 13.8 Å². The number of carbonyl (C=O) groups excluding carboxylic acids is 1. The first-order valence-corrected chi connectivity index (χ1v) is 8.90. The number of nitrogens with one attached hydrogen (secondary N) is 1. The van der Waals surface area contributed by atoms with Gasteiger partial charge in [-0.3, -0.25) is 4.79 Å². The van der Waals surface area contributed by atoms with Gasteiger partial charge < -0.3 is 19.6 Å². The zero-order chi connectivity index (χ0) is 19.4. The van der Waals surface area contributed by atoms with Gasteiger partial charge in [-0.1, -0.05) is 31.9 Å². The Hall–Kier alpha value is -2.05. The van der Waals surface area contributed by atoms with Crippen LogP contribution in [0.4, 0.5) is 0 Å². The summed E-state index contributed by atoms with van der Waals surface area (Å²) >= 11 is 6.16. The van der Waals surface area contributed by atoms with E-state index in [0.717, 1.165) is 6.42 Å². The van der Waals surface area contributed by atoms with Gasteiger partial charge in [0.05, 0.1) is 36.8 Å². The maximum absolute atomic E-state index is 12.4. The topological polar surface area (TPSA) is 88.8 Å². The second-order valence-electron chi connectivity index (χ2n) is 6.39. The number of fused-ring (bicyclic) bond motifs is 1. The van der Waals surface area contributed by atoms with Crippen molar-refractivity contribution in [2.24, 2.45) is 5.92 Å². The normalized spacial score (nSPS) is 13.5. The third-order valence-electron chi connectivity index (χ3n) is 4.77. The summed E-state index contributed by atoms with van der Waals surface area (Å²) in [6.45, 7) is 5.54. The third-order valence-corrected chi connectivity index (χ3v) is 5.07. The molecule has 7 heteroatoms. The van der Waals surface area contributed by atoms with E-state index in [9.17, 15) is 14.7 Å². The summed E-state index contributed by atoms with van der Waals surface area (Å²) in [4.78, 5) is 24.7. The number of ether oxygens (including phenoxy) is 1. The maximum Gasteiger partial charge on any atom is 0.340 e. The summed E-state index contributed by atoms with van der Waals surface area (Å²) in [7, 11) is 1.48. The molecule has 26 heavy (non-hydrogen) atoms. The second kappa shape index (κ2) is 8.56. The van der Waals surface area contributed by atoms with E-state index in [1.165, 1.54) is 7.11 Å². The Bertz CT molecular complexity index is 861. The number of hydrogen-bond acceptors (Lipinski definition) is 5. The highest BCUT2D eigenvalue weighted by Crippen LogP contribution is 2.31. The molecule has 0 saturated carbocycles. The van der Waals surface area contributed by atoms with Gasteiger partial charge in [-0.2, -0.15) is 0 Å². The lowest BCUT2D eigenvalue weighted by Crippen LogP contribution is -2.43. The highest BCUT2D eigenvalue weighted by Gasteiger charge is 2.20.